The summed E-state index contributed by atoms with van der Waals surface area (Å²) in [6.45, 7) is 2.35. The lowest BCUT2D eigenvalue weighted by Crippen LogP contribution is -2.29. The molecule has 0 spiro atoms. The molecule has 2 N–H and O–H groups in total. The van der Waals surface area contributed by atoms with Gasteiger partial charge in [0.2, 0.25) is 0 Å². The number of amides is 1. The molecule has 104 valence electrons. The normalized spacial score (nSPS) is 10.1. The Labute approximate surface area is 117 Å². The van der Waals surface area contributed by atoms with Crippen molar-refractivity contribution < 1.29 is 14.3 Å². The summed E-state index contributed by atoms with van der Waals surface area (Å²) in [7, 11) is 1.61. The largest absolute Gasteiger partial charge is 0.466 e. The second-order valence-electron chi connectivity index (χ2n) is 4.02. The highest BCUT2D eigenvalue weighted by molar-refractivity contribution is 6.34. The fourth-order valence-electron chi connectivity index (χ4n) is 1.50. The molecule has 1 aromatic carbocycles. The lowest BCUT2D eigenvalue weighted by Gasteiger charge is -2.17. The number of hydrogen-bond acceptors (Lipinski definition) is 4. The van der Waals surface area contributed by atoms with E-state index in [1.165, 1.54) is 11.0 Å². The van der Waals surface area contributed by atoms with Crippen LogP contribution in [0, 0.1) is 0 Å². The highest BCUT2D eigenvalue weighted by Gasteiger charge is 2.16. The van der Waals surface area contributed by atoms with Gasteiger partial charge in [0.1, 0.15) is 0 Å². The Morgan fingerprint density at radius 3 is 2.68 bits per heavy atom. The van der Waals surface area contributed by atoms with E-state index in [1.54, 1.807) is 26.1 Å². The van der Waals surface area contributed by atoms with E-state index in [0.717, 1.165) is 0 Å². The van der Waals surface area contributed by atoms with E-state index < -0.39 is 0 Å². The van der Waals surface area contributed by atoms with Gasteiger partial charge in [-0.2, -0.15) is 0 Å². The van der Waals surface area contributed by atoms with Gasteiger partial charge >= 0.3 is 5.97 Å². The number of halogens is 1. The zero-order chi connectivity index (χ0) is 14.4. The summed E-state index contributed by atoms with van der Waals surface area (Å²) in [5, 5.41) is 0.299. The maximum absolute atomic E-state index is 12.1. The molecule has 1 amide bonds. The quantitative estimate of drug-likeness (QED) is 0.662. The number of benzene rings is 1. The fourth-order valence-corrected chi connectivity index (χ4v) is 1.77. The van der Waals surface area contributed by atoms with Crippen molar-refractivity contribution >= 4 is 29.2 Å². The van der Waals surface area contributed by atoms with Crippen molar-refractivity contribution in [3.05, 3.63) is 28.8 Å². The second-order valence-corrected chi connectivity index (χ2v) is 4.43. The van der Waals surface area contributed by atoms with E-state index in [4.69, 9.17) is 22.1 Å². The van der Waals surface area contributed by atoms with E-state index in [1.807, 2.05) is 0 Å². The van der Waals surface area contributed by atoms with Crippen LogP contribution in [0.15, 0.2) is 18.2 Å². The van der Waals surface area contributed by atoms with Crippen LogP contribution in [0.1, 0.15) is 23.7 Å². The third-order valence-electron chi connectivity index (χ3n) is 2.53. The molecule has 6 heteroatoms. The number of anilines is 1. The highest BCUT2D eigenvalue weighted by atomic mass is 35.5. The molecule has 1 aromatic rings. The summed E-state index contributed by atoms with van der Waals surface area (Å²) >= 11 is 5.96. The maximum atomic E-state index is 12.1. The second kappa shape index (κ2) is 6.99. The third-order valence-corrected chi connectivity index (χ3v) is 2.84. The molecule has 0 aromatic heterocycles. The minimum absolute atomic E-state index is 0.155. The summed E-state index contributed by atoms with van der Waals surface area (Å²) in [4.78, 5) is 24.7. The number of carbonyl (C=O) groups excluding carboxylic acids is 2. The SMILES string of the molecule is CCOC(=O)CCN(C)C(=O)c1ccc(N)cc1Cl. The average Bonchev–Trinajstić information content (AvgIpc) is 2.35. The van der Waals surface area contributed by atoms with Crippen LogP contribution in [0.3, 0.4) is 0 Å². The first kappa shape index (κ1) is 15.3. The number of nitrogen functional groups attached to an aromatic ring is 1. The van der Waals surface area contributed by atoms with Crippen molar-refractivity contribution in [3.8, 4) is 0 Å². The number of carbonyl (C=O) groups is 2. The lowest BCUT2D eigenvalue weighted by atomic mass is 10.2. The Balaban J connectivity index is 2.64. The number of nitrogens with two attached hydrogens (primary N) is 1. The molecule has 19 heavy (non-hydrogen) atoms. The maximum Gasteiger partial charge on any atom is 0.307 e. The smallest absolute Gasteiger partial charge is 0.307 e. The van der Waals surface area contributed by atoms with E-state index in [-0.39, 0.29) is 24.8 Å². The van der Waals surface area contributed by atoms with E-state index in [0.29, 0.717) is 22.9 Å². The zero-order valence-electron chi connectivity index (χ0n) is 11.0. The summed E-state index contributed by atoms with van der Waals surface area (Å²) in [6, 6.07) is 4.70. The van der Waals surface area contributed by atoms with Gasteiger partial charge in [-0.3, -0.25) is 9.59 Å². The first-order chi connectivity index (χ1) is 8.95. The molecule has 0 aliphatic carbocycles. The first-order valence-electron chi connectivity index (χ1n) is 5.91. The number of esters is 1. The summed E-state index contributed by atoms with van der Waals surface area (Å²) < 4.78 is 4.80. The molecule has 0 saturated carbocycles. The van der Waals surface area contributed by atoms with Gasteiger partial charge in [0.05, 0.1) is 23.6 Å². The Morgan fingerprint density at radius 1 is 1.42 bits per heavy atom. The molecule has 5 nitrogen and oxygen atoms in total. The van der Waals surface area contributed by atoms with Crippen molar-refractivity contribution in [1.82, 2.24) is 4.90 Å². The number of rotatable bonds is 5. The van der Waals surface area contributed by atoms with E-state index in [9.17, 15) is 9.59 Å². The fraction of sp³-hybridized carbons (Fsp3) is 0.385. The summed E-state index contributed by atoms with van der Waals surface area (Å²) in [6.07, 6.45) is 0.155. The van der Waals surface area contributed by atoms with Crippen LogP contribution in [0.5, 0.6) is 0 Å². The van der Waals surface area contributed by atoms with Crippen molar-refractivity contribution in [3.63, 3.8) is 0 Å². The molecule has 1 rings (SSSR count). The van der Waals surface area contributed by atoms with Crippen LogP contribution in [0.25, 0.3) is 0 Å². The number of ether oxygens (including phenoxy) is 1. The van der Waals surface area contributed by atoms with Crippen molar-refractivity contribution in [2.45, 2.75) is 13.3 Å². The van der Waals surface area contributed by atoms with Gasteiger partial charge in [-0.05, 0) is 25.1 Å². The molecule has 0 bridgehead atoms. The molecular weight excluding hydrogens is 268 g/mol. The molecule has 0 atom stereocenters. The molecule has 0 unspecified atom stereocenters. The minimum atomic E-state index is -0.328. The van der Waals surface area contributed by atoms with Crippen LogP contribution in [0.4, 0.5) is 5.69 Å². The van der Waals surface area contributed by atoms with Crippen LogP contribution in [0.2, 0.25) is 5.02 Å². The van der Waals surface area contributed by atoms with Gasteiger partial charge in [0, 0.05) is 19.3 Å². The molecule has 0 heterocycles. The van der Waals surface area contributed by atoms with E-state index in [2.05, 4.69) is 0 Å². The van der Waals surface area contributed by atoms with Crippen molar-refractivity contribution in [2.75, 3.05) is 25.9 Å². The van der Waals surface area contributed by atoms with Crippen LogP contribution < -0.4 is 5.73 Å². The highest BCUT2D eigenvalue weighted by Crippen LogP contribution is 2.20. The Morgan fingerprint density at radius 2 is 2.11 bits per heavy atom. The topological polar surface area (TPSA) is 72.6 Å². The summed E-state index contributed by atoms with van der Waals surface area (Å²) in [5.74, 6) is -0.583. The van der Waals surface area contributed by atoms with Crippen molar-refractivity contribution in [1.29, 1.82) is 0 Å². The van der Waals surface area contributed by atoms with Gasteiger partial charge in [-0.1, -0.05) is 11.6 Å². The minimum Gasteiger partial charge on any atom is -0.466 e. The monoisotopic (exact) mass is 284 g/mol. The number of hydrogen-bond donors (Lipinski definition) is 1. The van der Waals surface area contributed by atoms with Crippen LogP contribution >= 0.6 is 11.6 Å². The zero-order valence-corrected chi connectivity index (χ0v) is 11.7. The lowest BCUT2D eigenvalue weighted by molar-refractivity contribution is -0.143. The molecule has 0 saturated heterocycles. The molecular formula is C13H17ClN2O3. The molecule has 0 aliphatic rings. The van der Waals surface area contributed by atoms with Gasteiger partial charge in [0.15, 0.2) is 0 Å². The predicted molar refractivity (Wildman–Crippen MR) is 74.1 cm³/mol. The molecule has 0 aliphatic heterocycles. The Hall–Kier alpha value is -1.75. The van der Waals surface area contributed by atoms with Gasteiger partial charge < -0.3 is 15.4 Å². The standard InChI is InChI=1S/C13H17ClN2O3/c1-3-19-12(17)6-7-16(2)13(18)10-5-4-9(15)8-11(10)14/h4-5,8H,3,6-7,15H2,1-2H3. The van der Waals surface area contributed by atoms with Gasteiger partial charge in [-0.25, -0.2) is 0 Å². The predicted octanol–water partition coefficient (Wildman–Crippen LogP) is 1.95. The molecule has 0 radical (unpaired) electrons. The number of nitrogens with zero attached hydrogens (tertiary/aromatic N) is 1. The van der Waals surface area contributed by atoms with Gasteiger partial charge in [-0.15, -0.1) is 0 Å². The van der Waals surface area contributed by atoms with Crippen molar-refractivity contribution in [2.24, 2.45) is 0 Å². The third kappa shape index (κ3) is 4.44. The first-order valence-corrected chi connectivity index (χ1v) is 6.29. The van der Waals surface area contributed by atoms with E-state index >= 15 is 0 Å². The van der Waals surface area contributed by atoms with Gasteiger partial charge in [0.25, 0.3) is 5.91 Å². The van der Waals surface area contributed by atoms with Crippen LogP contribution in [-0.4, -0.2) is 37.0 Å². The molecule has 0 fully saturated rings. The Kier molecular flexibility index (Phi) is 5.63. The van der Waals surface area contributed by atoms with Crippen LogP contribution in [-0.2, 0) is 9.53 Å². The average molecular weight is 285 g/mol. The summed E-state index contributed by atoms with van der Waals surface area (Å²) in [5.41, 5.74) is 6.42. The Bertz CT molecular complexity index is 477.